The molecule has 1 N–H and O–H groups in total. The van der Waals surface area contributed by atoms with Crippen molar-refractivity contribution in [3.63, 3.8) is 0 Å². The Morgan fingerprint density at radius 3 is 2.45 bits per heavy atom. The molecule has 0 aromatic heterocycles. The van der Waals surface area contributed by atoms with E-state index in [1.807, 2.05) is 6.07 Å². The molecule has 0 radical (unpaired) electrons. The number of carbonyl (C=O) groups is 1. The number of hydrogen-bond donors (Lipinski definition) is 1. The first kappa shape index (κ1) is 13.5. The second-order valence-corrected chi connectivity index (χ2v) is 4.00. The van der Waals surface area contributed by atoms with Crippen LogP contribution in [0.1, 0.15) is 0 Å². The maximum atomic E-state index is 11.1. The lowest BCUT2D eigenvalue weighted by molar-refractivity contribution is -0.384. The summed E-state index contributed by atoms with van der Waals surface area (Å²) in [7, 11) is 1.28. The van der Waals surface area contributed by atoms with Crippen LogP contribution in [0.3, 0.4) is 0 Å². The fourth-order valence-corrected chi connectivity index (χ4v) is 1.74. The fraction of sp³-hybridized carbons (Fsp3) is 0.0714. The summed E-state index contributed by atoms with van der Waals surface area (Å²) in [6.07, 6.45) is -0.568. The smallest absolute Gasteiger partial charge is 0.411 e. The Balaban J connectivity index is 2.33. The van der Waals surface area contributed by atoms with Crippen LogP contribution in [0.4, 0.5) is 16.2 Å². The predicted molar refractivity (Wildman–Crippen MR) is 74.6 cm³/mol. The van der Waals surface area contributed by atoms with Gasteiger partial charge in [-0.2, -0.15) is 0 Å². The molecule has 0 aliphatic rings. The molecule has 0 atom stereocenters. The number of nitro benzene ring substituents is 1. The van der Waals surface area contributed by atoms with Gasteiger partial charge in [0.15, 0.2) is 0 Å². The average Bonchev–Trinajstić information content (AvgIpc) is 2.47. The monoisotopic (exact) mass is 272 g/mol. The molecule has 1 amide bonds. The van der Waals surface area contributed by atoms with Gasteiger partial charge in [0, 0.05) is 17.8 Å². The second kappa shape index (κ2) is 5.83. The van der Waals surface area contributed by atoms with Crippen molar-refractivity contribution in [1.82, 2.24) is 0 Å². The van der Waals surface area contributed by atoms with Gasteiger partial charge in [-0.25, -0.2) is 4.79 Å². The number of nitrogens with zero attached hydrogens (tertiary/aromatic N) is 1. The van der Waals surface area contributed by atoms with Crippen LogP contribution in [-0.2, 0) is 4.74 Å². The van der Waals surface area contributed by atoms with E-state index < -0.39 is 11.0 Å². The van der Waals surface area contributed by atoms with Crippen LogP contribution >= 0.6 is 0 Å². The molecule has 0 spiro atoms. The number of ether oxygens (including phenoxy) is 1. The van der Waals surface area contributed by atoms with Crippen LogP contribution in [-0.4, -0.2) is 18.1 Å². The molecular weight excluding hydrogens is 260 g/mol. The van der Waals surface area contributed by atoms with Crippen LogP contribution in [0.2, 0.25) is 0 Å². The zero-order chi connectivity index (χ0) is 14.5. The van der Waals surface area contributed by atoms with Gasteiger partial charge in [0.25, 0.3) is 5.69 Å². The van der Waals surface area contributed by atoms with E-state index in [2.05, 4.69) is 10.1 Å². The number of rotatable bonds is 3. The lowest BCUT2D eigenvalue weighted by Gasteiger charge is -2.06. The van der Waals surface area contributed by atoms with E-state index in [9.17, 15) is 14.9 Å². The standard InChI is InChI=1S/C14H12N2O4/c1-20-14(17)15-12-6-2-4-10(8-12)11-5-3-7-13(9-11)16(18)19/h2-9H,1H3,(H,15,17). The fourth-order valence-electron chi connectivity index (χ4n) is 1.74. The van der Waals surface area contributed by atoms with Gasteiger partial charge in [0.1, 0.15) is 0 Å². The van der Waals surface area contributed by atoms with Crippen molar-refractivity contribution in [3.05, 3.63) is 58.6 Å². The number of nitro groups is 1. The molecule has 0 aliphatic carbocycles. The van der Waals surface area contributed by atoms with Crippen LogP contribution < -0.4 is 5.32 Å². The lowest BCUT2D eigenvalue weighted by atomic mass is 10.0. The average molecular weight is 272 g/mol. The van der Waals surface area contributed by atoms with E-state index >= 15 is 0 Å². The van der Waals surface area contributed by atoms with Crippen molar-refractivity contribution in [2.75, 3.05) is 12.4 Å². The molecule has 6 nitrogen and oxygen atoms in total. The third-order valence-corrected chi connectivity index (χ3v) is 2.68. The molecule has 0 fully saturated rings. The van der Waals surface area contributed by atoms with Crippen LogP contribution in [0, 0.1) is 10.1 Å². The van der Waals surface area contributed by atoms with E-state index in [4.69, 9.17) is 0 Å². The molecule has 2 aromatic rings. The Morgan fingerprint density at radius 2 is 1.80 bits per heavy atom. The highest BCUT2D eigenvalue weighted by molar-refractivity contribution is 5.85. The van der Waals surface area contributed by atoms with Gasteiger partial charge in [-0.05, 0) is 23.3 Å². The summed E-state index contributed by atoms with van der Waals surface area (Å²) in [4.78, 5) is 21.5. The van der Waals surface area contributed by atoms with Crippen molar-refractivity contribution >= 4 is 17.5 Å². The molecule has 0 heterocycles. The number of amides is 1. The summed E-state index contributed by atoms with van der Waals surface area (Å²) in [6.45, 7) is 0. The Hall–Kier alpha value is -2.89. The van der Waals surface area contributed by atoms with Gasteiger partial charge >= 0.3 is 6.09 Å². The topological polar surface area (TPSA) is 81.5 Å². The SMILES string of the molecule is COC(=O)Nc1cccc(-c2cccc([N+](=O)[O-])c2)c1. The minimum absolute atomic E-state index is 0.0221. The molecule has 20 heavy (non-hydrogen) atoms. The van der Waals surface area contributed by atoms with Crippen LogP contribution in [0.5, 0.6) is 0 Å². The van der Waals surface area contributed by atoms with Gasteiger partial charge < -0.3 is 4.74 Å². The van der Waals surface area contributed by atoms with E-state index in [0.717, 1.165) is 5.56 Å². The highest BCUT2D eigenvalue weighted by atomic mass is 16.6. The lowest BCUT2D eigenvalue weighted by Crippen LogP contribution is -2.10. The van der Waals surface area contributed by atoms with E-state index in [1.54, 1.807) is 30.3 Å². The number of methoxy groups -OCH3 is 1. The molecule has 102 valence electrons. The molecule has 0 aliphatic heterocycles. The Bertz CT molecular complexity index is 655. The van der Waals surface area contributed by atoms with Gasteiger partial charge in [-0.15, -0.1) is 0 Å². The number of non-ortho nitro benzene ring substituents is 1. The minimum Gasteiger partial charge on any atom is -0.453 e. The van der Waals surface area contributed by atoms with Gasteiger partial charge in [0.05, 0.1) is 12.0 Å². The highest BCUT2D eigenvalue weighted by Gasteiger charge is 2.08. The Morgan fingerprint density at radius 1 is 1.15 bits per heavy atom. The van der Waals surface area contributed by atoms with Crippen molar-refractivity contribution in [2.45, 2.75) is 0 Å². The van der Waals surface area contributed by atoms with Crippen molar-refractivity contribution < 1.29 is 14.5 Å². The number of anilines is 1. The van der Waals surface area contributed by atoms with Gasteiger partial charge in [0.2, 0.25) is 0 Å². The first-order chi connectivity index (χ1) is 9.60. The number of hydrogen-bond acceptors (Lipinski definition) is 4. The summed E-state index contributed by atoms with van der Waals surface area (Å²) in [5.41, 5.74) is 2.05. The Kier molecular flexibility index (Phi) is 3.95. The zero-order valence-corrected chi connectivity index (χ0v) is 10.7. The molecule has 0 unspecified atom stereocenters. The van der Waals surface area contributed by atoms with E-state index in [0.29, 0.717) is 11.3 Å². The molecule has 2 rings (SSSR count). The van der Waals surface area contributed by atoms with Crippen molar-refractivity contribution in [2.24, 2.45) is 0 Å². The highest BCUT2D eigenvalue weighted by Crippen LogP contribution is 2.26. The molecule has 0 bridgehead atoms. The molecule has 0 saturated carbocycles. The summed E-state index contributed by atoms with van der Waals surface area (Å²) in [5.74, 6) is 0. The third kappa shape index (κ3) is 3.11. The van der Waals surface area contributed by atoms with E-state index in [-0.39, 0.29) is 5.69 Å². The number of benzene rings is 2. The maximum absolute atomic E-state index is 11.1. The summed E-state index contributed by atoms with van der Waals surface area (Å²) in [5, 5.41) is 13.3. The summed E-state index contributed by atoms with van der Waals surface area (Å²) in [6, 6.07) is 13.3. The minimum atomic E-state index is -0.568. The maximum Gasteiger partial charge on any atom is 0.411 e. The Labute approximate surface area is 115 Å². The normalized spacial score (nSPS) is 9.85. The van der Waals surface area contributed by atoms with Crippen LogP contribution in [0.25, 0.3) is 11.1 Å². The quantitative estimate of drug-likeness (QED) is 0.685. The first-order valence-electron chi connectivity index (χ1n) is 5.80. The summed E-state index contributed by atoms with van der Waals surface area (Å²) >= 11 is 0. The van der Waals surface area contributed by atoms with Crippen LogP contribution in [0.15, 0.2) is 48.5 Å². The van der Waals surface area contributed by atoms with Crippen molar-refractivity contribution in [1.29, 1.82) is 0 Å². The van der Waals surface area contributed by atoms with Gasteiger partial charge in [-0.1, -0.05) is 24.3 Å². The van der Waals surface area contributed by atoms with E-state index in [1.165, 1.54) is 19.2 Å². The number of carbonyl (C=O) groups excluding carboxylic acids is 1. The molecule has 2 aromatic carbocycles. The third-order valence-electron chi connectivity index (χ3n) is 2.68. The zero-order valence-electron chi connectivity index (χ0n) is 10.7. The van der Waals surface area contributed by atoms with Gasteiger partial charge in [-0.3, -0.25) is 15.4 Å². The first-order valence-corrected chi connectivity index (χ1v) is 5.80. The summed E-state index contributed by atoms with van der Waals surface area (Å²) < 4.78 is 4.51. The van der Waals surface area contributed by atoms with Crippen molar-refractivity contribution in [3.8, 4) is 11.1 Å². The number of nitrogens with one attached hydrogen (secondary N) is 1. The molecule has 0 saturated heterocycles. The predicted octanol–water partition coefficient (Wildman–Crippen LogP) is 3.44. The molecule has 6 heteroatoms. The largest absolute Gasteiger partial charge is 0.453 e. The second-order valence-electron chi connectivity index (χ2n) is 4.00. The molecular formula is C14H12N2O4.